The molecule has 0 amide bonds. The Hall–Kier alpha value is -0.0800. The minimum absolute atomic E-state index is 0.109. The Morgan fingerprint density at radius 3 is 1.83 bits per heavy atom. The first-order valence-corrected chi connectivity index (χ1v) is 4.79. The number of aliphatic hydroxyl groups is 2. The Kier molecular flexibility index (Phi) is 1.45. The lowest BCUT2D eigenvalue weighted by molar-refractivity contribution is -0.0917. The number of hydrogen-bond acceptors (Lipinski definition) is 2. The number of fused-ring (bicyclic) bond motifs is 2. The molecule has 70 valence electrons. The van der Waals surface area contributed by atoms with E-state index in [0.717, 1.165) is 12.8 Å². The highest BCUT2D eigenvalue weighted by atomic mass is 16.3. The van der Waals surface area contributed by atoms with Gasteiger partial charge in [0.05, 0.1) is 11.7 Å². The number of aliphatic hydroxyl groups excluding tert-OH is 1. The van der Waals surface area contributed by atoms with Crippen LogP contribution in [-0.4, -0.2) is 21.9 Å². The average Bonchev–Trinajstić information content (AvgIpc) is 2.33. The fourth-order valence-electron chi connectivity index (χ4n) is 3.24. The first kappa shape index (κ1) is 8.52. The molecule has 12 heavy (non-hydrogen) atoms. The van der Waals surface area contributed by atoms with Crippen LogP contribution in [0.25, 0.3) is 0 Å². The minimum atomic E-state index is -0.671. The molecule has 0 spiro atoms. The molecule has 0 aromatic carbocycles. The van der Waals surface area contributed by atoms with E-state index in [1.807, 2.05) is 6.92 Å². The second-order valence-corrected chi connectivity index (χ2v) is 5.15. The van der Waals surface area contributed by atoms with E-state index in [2.05, 4.69) is 13.8 Å². The molecule has 4 atom stereocenters. The summed E-state index contributed by atoms with van der Waals surface area (Å²) in [4.78, 5) is 0. The van der Waals surface area contributed by atoms with Crippen molar-refractivity contribution in [1.29, 1.82) is 0 Å². The van der Waals surface area contributed by atoms with Gasteiger partial charge in [0.25, 0.3) is 0 Å². The predicted molar refractivity (Wildman–Crippen MR) is 46.6 cm³/mol. The van der Waals surface area contributed by atoms with Gasteiger partial charge in [0, 0.05) is 5.92 Å². The van der Waals surface area contributed by atoms with Gasteiger partial charge in [-0.3, -0.25) is 0 Å². The molecule has 2 N–H and O–H groups in total. The summed E-state index contributed by atoms with van der Waals surface area (Å²) in [5.41, 5.74) is -0.787. The van der Waals surface area contributed by atoms with Crippen molar-refractivity contribution in [1.82, 2.24) is 0 Å². The van der Waals surface area contributed by atoms with Crippen molar-refractivity contribution < 1.29 is 10.2 Å². The van der Waals surface area contributed by atoms with Gasteiger partial charge in [-0.25, -0.2) is 0 Å². The Labute approximate surface area is 73.6 Å². The van der Waals surface area contributed by atoms with Gasteiger partial charge >= 0.3 is 0 Å². The molecule has 0 aromatic rings. The Morgan fingerprint density at radius 2 is 1.58 bits per heavy atom. The van der Waals surface area contributed by atoms with Crippen LogP contribution in [0.1, 0.15) is 33.6 Å². The first-order chi connectivity index (χ1) is 5.39. The highest BCUT2D eigenvalue weighted by Crippen LogP contribution is 2.61. The van der Waals surface area contributed by atoms with Crippen LogP contribution in [0, 0.1) is 17.3 Å². The van der Waals surface area contributed by atoms with E-state index in [0.29, 0.717) is 5.92 Å². The van der Waals surface area contributed by atoms with Crippen LogP contribution in [0.2, 0.25) is 0 Å². The number of rotatable bonds is 0. The molecule has 2 aliphatic carbocycles. The summed E-state index contributed by atoms with van der Waals surface area (Å²) >= 11 is 0. The van der Waals surface area contributed by atoms with Gasteiger partial charge < -0.3 is 10.2 Å². The normalized spacial score (nSPS) is 56.2. The van der Waals surface area contributed by atoms with Crippen molar-refractivity contribution in [2.75, 3.05) is 0 Å². The van der Waals surface area contributed by atoms with E-state index >= 15 is 0 Å². The molecule has 0 aromatic heterocycles. The molecule has 4 unspecified atom stereocenters. The molecule has 2 saturated carbocycles. The van der Waals surface area contributed by atoms with Gasteiger partial charge in [0.2, 0.25) is 0 Å². The summed E-state index contributed by atoms with van der Waals surface area (Å²) in [6, 6.07) is 0. The fraction of sp³-hybridized carbons (Fsp3) is 1.00. The zero-order valence-corrected chi connectivity index (χ0v) is 8.04. The quantitative estimate of drug-likeness (QED) is 0.573. The molecule has 0 saturated heterocycles. The monoisotopic (exact) mass is 170 g/mol. The standard InChI is InChI=1S/C10H18O2/c1-9(2)6-4-5-7(8(6)11)10(9,3)12/h6-8,11-12H,4-5H2,1-3H3. The second-order valence-electron chi connectivity index (χ2n) is 5.15. The van der Waals surface area contributed by atoms with Crippen molar-refractivity contribution in [2.45, 2.75) is 45.3 Å². The molecule has 2 heteroatoms. The highest BCUT2D eigenvalue weighted by Gasteiger charge is 2.64. The second kappa shape index (κ2) is 2.05. The van der Waals surface area contributed by atoms with Gasteiger partial charge in [-0.1, -0.05) is 13.8 Å². The summed E-state index contributed by atoms with van der Waals surface area (Å²) in [6.07, 6.45) is 1.80. The molecule has 0 radical (unpaired) electrons. The topological polar surface area (TPSA) is 40.5 Å². The predicted octanol–water partition coefficient (Wildman–Crippen LogP) is 1.16. The maximum absolute atomic E-state index is 10.2. The van der Waals surface area contributed by atoms with Crippen molar-refractivity contribution in [3.05, 3.63) is 0 Å². The largest absolute Gasteiger partial charge is 0.392 e. The van der Waals surface area contributed by atoms with E-state index in [1.54, 1.807) is 0 Å². The molecule has 2 bridgehead atoms. The van der Waals surface area contributed by atoms with Crippen molar-refractivity contribution in [2.24, 2.45) is 17.3 Å². The molecule has 0 heterocycles. The SMILES string of the molecule is CC1(C)C2CCC(C2O)C1(C)O. The summed E-state index contributed by atoms with van der Waals surface area (Å²) in [5, 5.41) is 20.1. The maximum atomic E-state index is 10.2. The van der Waals surface area contributed by atoms with Crippen LogP contribution in [0.4, 0.5) is 0 Å². The third kappa shape index (κ3) is 0.686. The first-order valence-electron chi connectivity index (χ1n) is 4.79. The van der Waals surface area contributed by atoms with E-state index in [1.165, 1.54) is 0 Å². The Bertz CT molecular complexity index is 186. The van der Waals surface area contributed by atoms with Crippen molar-refractivity contribution in [3.8, 4) is 0 Å². The lowest BCUT2D eigenvalue weighted by Gasteiger charge is -2.43. The lowest BCUT2D eigenvalue weighted by atomic mass is 9.66. The van der Waals surface area contributed by atoms with Crippen LogP contribution in [-0.2, 0) is 0 Å². The van der Waals surface area contributed by atoms with Gasteiger partial charge in [0.1, 0.15) is 0 Å². The van der Waals surface area contributed by atoms with Gasteiger partial charge in [-0.15, -0.1) is 0 Å². The van der Waals surface area contributed by atoms with Crippen LogP contribution in [0.5, 0.6) is 0 Å². The van der Waals surface area contributed by atoms with Crippen LogP contribution in [0.3, 0.4) is 0 Å². The van der Waals surface area contributed by atoms with E-state index in [-0.39, 0.29) is 17.4 Å². The molecular formula is C10H18O2. The maximum Gasteiger partial charge on any atom is 0.0726 e. The van der Waals surface area contributed by atoms with Gasteiger partial charge in [-0.05, 0) is 31.1 Å². The average molecular weight is 170 g/mol. The lowest BCUT2D eigenvalue weighted by Crippen LogP contribution is -2.46. The zero-order chi connectivity index (χ0) is 9.15. The van der Waals surface area contributed by atoms with Gasteiger partial charge in [-0.2, -0.15) is 0 Å². The molecule has 0 aliphatic heterocycles. The molecular weight excluding hydrogens is 152 g/mol. The van der Waals surface area contributed by atoms with Crippen LogP contribution < -0.4 is 0 Å². The Morgan fingerprint density at radius 1 is 1.08 bits per heavy atom. The highest BCUT2D eigenvalue weighted by molar-refractivity contribution is 5.14. The third-order valence-electron chi connectivity index (χ3n) is 4.57. The molecule has 2 rings (SSSR count). The molecule has 2 fully saturated rings. The van der Waals surface area contributed by atoms with Crippen molar-refractivity contribution >= 4 is 0 Å². The van der Waals surface area contributed by atoms with E-state index in [4.69, 9.17) is 0 Å². The minimum Gasteiger partial charge on any atom is -0.392 e. The summed E-state index contributed by atoms with van der Waals surface area (Å²) in [7, 11) is 0. The van der Waals surface area contributed by atoms with Crippen LogP contribution >= 0.6 is 0 Å². The Balaban J connectivity index is 2.41. The molecule has 2 nitrogen and oxygen atoms in total. The van der Waals surface area contributed by atoms with Crippen molar-refractivity contribution in [3.63, 3.8) is 0 Å². The van der Waals surface area contributed by atoms with E-state index in [9.17, 15) is 10.2 Å². The third-order valence-corrected chi connectivity index (χ3v) is 4.57. The van der Waals surface area contributed by atoms with Gasteiger partial charge in [0.15, 0.2) is 0 Å². The summed E-state index contributed by atoms with van der Waals surface area (Å²) in [6.45, 7) is 6.01. The number of hydrogen-bond donors (Lipinski definition) is 2. The zero-order valence-electron chi connectivity index (χ0n) is 8.04. The summed E-state index contributed by atoms with van der Waals surface area (Å²) < 4.78 is 0. The summed E-state index contributed by atoms with van der Waals surface area (Å²) in [5.74, 6) is 0.412. The molecule has 2 aliphatic rings. The van der Waals surface area contributed by atoms with Crippen LogP contribution in [0.15, 0.2) is 0 Å². The smallest absolute Gasteiger partial charge is 0.0726 e. The van der Waals surface area contributed by atoms with E-state index < -0.39 is 5.60 Å². The fourth-order valence-corrected chi connectivity index (χ4v) is 3.24.